The van der Waals surface area contributed by atoms with E-state index in [9.17, 15) is 34.8 Å². The molecule has 0 radical (unpaired) electrons. The van der Waals surface area contributed by atoms with Crippen molar-refractivity contribution in [2.24, 2.45) is 50.7 Å². The molecule has 1 saturated heterocycles. The zero-order chi connectivity index (χ0) is 35.4. The van der Waals surface area contributed by atoms with E-state index < -0.39 is 48.7 Å². The van der Waals surface area contributed by atoms with Gasteiger partial charge in [-0.25, -0.2) is 0 Å². The maximum absolute atomic E-state index is 14.4. The van der Waals surface area contributed by atoms with Gasteiger partial charge in [0.2, 0.25) is 6.29 Å². The smallest absolute Gasteiger partial charge is 0.319 e. The minimum atomic E-state index is -1.71. The summed E-state index contributed by atoms with van der Waals surface area (Å²) in [6.07, 6.45) is -0.995. The predicted octanol–water partition coefficient (Wildman–Crippen LogP) is 4.24. The Kier molecular flexibility index (Phi) is 8.88. The largest absolute Gasteiger partial charge is 0.462 e. The molecule has 4 N–H and O–H groups in total. The Bertz CT molecular complexity index is 1370. The fourth-order valence-electron chi connectivity index (χ4n) is 12.6. The predicted molar refractivity (Wildman–Crippen MR) is 175 cm³/mol. The van der Waals surface area contributed by atoms with E-state index in [4.69, 9.17) is 14.2 Å². The molecular weight excluding hydrogens is 616 g/mol. The SMILES string of the molecule is CC(=O)O[C@H]1CC[C@]2(C)[C@H]3CC[C@@H]4C5=C(C(C)C)C(=O)C[C@]5(C(=O)O[C@@H]5O[C@H](CO)[C@@H](O)[C@H](O)[C@H]5O)CC[C@@]4(C)[C@]3(C)CC[C@H]2C1(C)C. The summed E-state index contributed by atoms with van der Waals surface area (Å²) in [5.41, 5.74) is 0.0805. The monoisotopic (exact) mass is 674 g/mol. The van der Waals surface area contributed by atoms with Crippen molar-refractivity contribution >= 4 is 17.7 Å². The maximum atomic E-state index is 14.4. The quantitative estimate of drug-likeness (QED) is 0.311. The van der Waals surface area contributed by atoms with Gasteiger partial charge in [0.15, 0.2) is 5.78 Å². The topological polar surface area (TPSA) is 160 Å². The van der Waals surface area contributed by atoms with E-state index in [2.05, 4.69) is 34.6 Å². The van der Waals surface area contributed by atoms with Crippen LogP contribution in [0.1, 0.15) is 113 Å². The number of hydrogen-bond acceptors (Lipinski definition) is 10. The van der Waals surface area contributed by atoms with Gasteiger partial charge in [-0.3, -0.25) is 14.4 Å². The minimum Gasteiger partial charge on any atom is -0.462 e. The number of rotatable bonds is 5. The minimum absolute atomic E-state index is 0.00431. The van der Waals surface area contributed by atoms with Crippen LogP contribution in [0.25, 0.3) is 0 Å². The van der Waals surface area contributed by atoms with Crippen LogP contribution in [0.5, 0.6) is 0 Å². The van der Waals surface area contributed by atoms with Crippen LogP contribution in [0.3, 0.4) is 0 Å². The molecule has 0 aromatic rings. The summed E-state index contributed by atoms with van der Waals surface area (Å²) in [5.74, 6) is -0.184. The molecule has 0 amide bonds. The van der Waals surface area contributed by atoms with E-state index in [0.29, 0.717) is 18.3 Å². The third-order valence-electron chi connectivity index (χ3n) is 15.1. The second kappa shape index (κ2) is 11.9. The van der Waals surface area contributed by atoms with E-state index in [-0.39, 0.29) is 57.8 Å². The van der Waals surface area contributed by atoms with Gasteiger partial charge in [-0.15, -0.1) is 0 Å². The van der Waals surface area contributed by atoms with Crippen molar-refractivity contribution in [3.63, 3.8) is 0 Å². The Morgan fingerprint density at radius 1 is 0.854 bits per heavy atom. The highest BCUT2D eigenvalue weighted by molar-refractivity contribution is 6.06. The third kappa shape index (κ3) is 4.85. The van der Waals surface area contributed by atoms with E-state index in [1.54, 1.807) is 0 Å². The van der Waals surface area contributed by atoms with E-state index in [1.807, 2.05) is 13.8 Å². The van der Waals surface area contributed by atoms with Gasteiger partial charge >= 0.3 is 11.9 Å². The normalized spacial score (nSPS) is 48.3. The zero-order valence-electron chi connectivity index (χ0n) is 30.1. The average molecular weight is 675 g/mol. The molecule has 10 heteroatoms. The molecule has 48 heavy (non-hydrogen) atoms. The van der Waals surface area contributed by atoms with Crippen LogP contribution in [-0.4, -0.2) is 81.6 Å². The Balaban J connectivity index is 1.35. The van der Waals surface area contributed by atoms with Crippen molar-refractivity contribution in [3.05, 3.63) is 11.1 Å². The molecule has 1 aliphatic heterocycles. The number of carbonyl (C=O) groups excluding carboxylic acids is 3. The number of Topliss-reactive ketones (excluding diaryl/α,β-unsaturated/α-hetero) is 1. The summed E-state index contributed by atoms with van der Waals surface area (Å²) in [5, 5.41) is 41.1. The third-order valence-corrected chi connectivity index (χ3v) is 15.1. The lowest BCUT2D eigenvalue weighted by atomic mass is 9.33. The number of esters is 2. The van der Waals surface area contributed by atoms with E-state index in [1.165, 1.54) is 6.92 Å². The summed E-state index contributed by atoms with van der Waals surface area (Å²) in [7, 11) is 0. The number of hydrogen-bond donors (Lipinski definition) is 4. The average Bonchev–Trinajstić information content (AvgIpc) is 3.32. The molecule has 6 rings (SSSR count). The lowest BCUT2D eigenvalue weighted by Crippen LogP contribution is -2.66. The summed E-state index contributed by atoms with van der Waals surface area (Å²) < 4.78 is 17.3. The standard InChI is InChI=1S/C38H58O10/c1-19(2)27-22(41)17-38(33(45)48-32-31(44)30(43)29(42)23(18-39)47-32)16-15-36(7)21(28(27)38)9-10-25-35(6)13-12-26(46-20(3)40)34(4,5)24(35)11-14-37(25,36)8/h19,21,23-26,29-32,39,42-44H,9-18H2,1-8H3/t21-,23-,24+,25-,26+,29-,30+,31-,32+,35+,36-,37-,38-/m1/s1. The van der Waals surface area contributed by atoms with Gasteiger partial charge < -0.3 is 34.6 Å². The molecule has 0 spiro atoms. The van der Waals surface area contributed by atoms with Crippen LogP contribution in [0.4, 0.5) is 0 Å². The van der Waals surface area contributed by atoms with Gasteiger partial charge in [-0.05, 0) is 102 Å². The van der Waals surface area contributed by atoms with Gasteiger partial charge in [0.25, 0.3) is 0 Å². The molecule has 0 aromatic heterocycles. The highest BCUT2D eigenvalue weighted by atomic mass is 16.7. The molecule has 0 unspecified atom stereocenters. The van der Waals surface area contributed by atoms with Crippen molar-refractivity contribution in [2.75, 3.05) is 6.61 Å². The van der Waals surface area contributed by atoms with Gasteiger partial charge in [0.1, 0.15) is 30.5 Å². The number of ether oxygens (including phenoxy) is 3. The molecule has 10 nitrogen and oxygen atoms in total. The van der Waals surface area contributed by atoms with Crippen LogP contribution in [0.15, 0.2) is 11.1 Å². The van der Waals surface area contributed by atoms with Crippen LogP contribution in [0, 0.1) is 50.7 Å². The van der Waals surface area contributed by atoms with Crippen molar-refractivity contribution in [3.8, 4) is 0 Å². The van der Waals surface area contributed by atoms with Crippen LogP contribution >= 0.6 is 0 Å². The number of carbonyl (C=O) groups is 3. The van der Waals surface area contributed by atoms with E-state index >= 15 is 0 Å². The number of aliphatic hydroxyl groups is 4. The van der Waals surface area contributed by atoms with Gasteiger partial charge in [0, 0.05) is 18.8 Å². The highest BCUT2D eigenvalue weighted by Crippen LogP contribution is 2.76. The first-order valence-electron chi connectivity index (χ1n) is 18.3. The van der Waals surface area contributed by atoms with Crippen LogP contribution in [-0.2, 0) is 28.6 Å². The number of ketones is 1. The lowest BCUT2D eigenvalue weighted by molar-refractivity contribution is -0.295. The second-order valence-corrected chi connectivity index (χ2v) is 17.8. The maximum Gasteiger partial charge on any atom is 0.319 e. The fourth-order valence-corrected chi connectivity index (χ4v) is 12.6. The summed E-state index contributed by atoms with van der Waals surface area (Å²) in [6.45, 7) is 16.8. The highest BCUT2D eigenvalue weighted by Gasteiger charge is 2.71. The number of fused-ring (bicyclic) bond motifs is 7. The van der Waals surface area contributed by atoms with Crippen molar-refractivity contribution in [1.29, 1.82) is 0 Å². The summed E-state index contributed by atoms with van der Waals surface area (Å²) in [6, 6.07) is 0. The summed E-state index contributed by atoms with van der Waals surface area (Å²) in [4.78, 5) is 40.4. The van der Waals surface area contributed by atoms with Gasteiger partial charge in [-0.2, -0.15) is 0 Å². The Labute approximate surface area is 285 Å². The number of allylic oxidation sites excluding steroid dienone is 1. The van der Waals surface area contributed by atoms with E-state index in [0.717, 1.165) is 56.1 Å². The molecule has 0 aromatic carbocycles. The Hall–Kier alpha value is -1.85. The van der Waals surface area contributed by atoms with Crippen molar-refractivity contribution in [2.45, 2.75) is 150 Å². The molecule has 4 saturated carbocycles. The first-order valence-corrected chi connectivity index (χ1v) is 18.3. The molecule has 1 heterocycles. The Morgan fingerprint density at radius 3 is 2.17 bits per heavy atom. The Morgan fingerprint density at radius 2 is 1.54 bits per heavy atom. The first-order chi connectivity index (χ1) is 22.3. The molecule has 6 aliphatic rings. The van der Waals surface area contributed by atoms with Gasteiger partial charge in [0.05, 0.1) is 12.0 Å². The van der Waals surface area contributed by atoms with Gasteiger partial charge in [-0.1, -0.05) is 48.5 Å². The molecule has 5 fully saturated rings. The van der Waals surface area contributed by atoms with Crippen LogP contribution < -0.4 is 0 Å². The molecule has 5 aliphatic carbocycles. The fraction of sp³-hybridized carbons (Fsp3) is 0.868. The van der Waals surface area contributed by atoms with Crippen LogP contribution in [0.2, 0.25) is 0 Å². The molecular formula is C38H58O10. The number of aliphatic hydroxyl groups excluding tert-OH is 4. The molecule has 270 valence electrons. The van der Waals surface area contributed by atoms with Crippen molar-refractivity contribution in [1.82, 2.24) is 0 Å². The molecule has 0 bridgehead atoms. The first kappa shape index (κ1) is 36.0. The zero-order valence-corrected chi connectivity index (χ0v) is 30.1. The second-order valence-electron chi connectivity index (χ2n) is 17.8. The molecule has 13 atom stereocenters. The van der Waals surface area contributed by atoms with Crippen molar-refractivity contribution < 1.29 is 49.0 Å². The summed E-state index contributed by atoms with van der Waals surface area (Å²) >= 11 is 0. The lowest BCUT2D eigenvalue weighted by Gasteiger charge is -2.72.